The Hall–Kier alpha value is -1.53. The van der Waals surface area contributed by atoms with Crippen molar-refractivity contribution in [3.8, 4) is 6.07 Å². The molecule has 96 valence electrons. The lowest BCUT2D eigenvalue weighted by Crippen LogP contribution is -2.31. The predicted octanol–water partition coefficient (Wildman–Crippen LogP) is 2.38. The van der Waals surface area contributed by atoms with Crippen LogP contribution in [0.15, 0.2) is 24.3 Å². The molecule has 0 spiro atoms. The molecule has 0 radical (unpaired) electrons. The average Bonchev–Trinajstić information content (AvgIpc) is 3.20. The van der Waals surface area contributed by atoms with Crippen molar-refractivity contribution in [2.24, 2.45) is 5.92 Å². The summed E-state index contributed by atoms with van der Waals surface area (Å²) in [6, 6.07) is 10.7. The van der Waals surface area contributed by atoms with Crippen molar-refractivity contribution >= 4 is 5.69 Å². The van der Waals surface area contributed by atoms with Crippen LogP contribution in [0.25, 0.3) is 0 Å². The van der Waals surface area contributed by atoms with Crippen molar-refractivity contribution in [2.75, 3.05) is 25.0 Å². The van der Waals surface area contributed by atoms with Crippen LogP contribution in [-0.4, -0.2) is 26.2 Å². The maximum absolute atomic E-state index is 8.77. The summed E-state index contributed by atoms with van der Waals surface area (Å²) >= 11 is 0. The molecule has 3 nitrogen and oxygen atoms in total. The van der Waals surface area contributed by atoms with Crippen LogP contribution in [0.3, 0.4) is 0 Å². The van der Waals surface area contributed by atoms with Crippen LogP contribution in [0.2, 0.25) is 0 Å². The standard InChI is InChI=1S/C15H21N3/c1-12(10-17-14-5-6-14)11-18(2)15-7-3-13(9-16)4-8-15/h3-4,7-8,12,14,17H,5-6,10-11H2,1-2H3. The van der Waals surface area contributed by atoms with E-state index in [0.29, 0.717) is 5.92 Å². The molecule has 0 bridgehead atoms. The minimum Gasteiger partial charge on any atom is -0.374 e. The average molecular weight is 243 g/mol. The first-order chi connectivity index (χ1) is 8.69. The van der Waals surface area contributed by atoms with Gasteiger partial charge in [-0.15, -0.1) is 0 Å². The van der Waals surface area contributed by atoms with Gasteiger partial charge in [0, 0.05) is 25.3 Å². The van der Waals surface area contributed by atoms with Crippen molar-refractivity contribution in [3.05, 3.63) is 29.8 Å². The molecule has 2 rings (SSSR count). The molecule has 0 amide bonds. The van der Waals surface area contributed by atoms with Gasteiger partial charge in [-0.25, -0.2) is 0 Å². The zero-order valence-corrected chi connectivity index (χ0v) is 11.2. The Morgan fingerprint density at radius 1 is 1.39 bits per heavy atom. The molecule has 1 aliphatic rings. The van der Waals surface area contributed by atoms with Gasteiger partial charge in [0.05, 0.1) is 11.6 Å². The Morgan fingerprint density at radius 2 is 2.06 bits per heavy atom. The molecule has 0 aliphatic heterocycles. The summed E-state index contributed by atoms with van der Waals surface area (Å²) in [5.74, 6) is 0.631. The Kier molecular flexibility index (Phi) is 4.22. The van der Waals surface area contributed by atoms with E-state index in [-0.39, 0.29) is 0 Å². The summed E-state index contributed by atoms with van der Waals surface area (Å²) in [6.45, 7) is 4.40. The normalized spacial score (nSPS) is 16.1. The topological polar surface area (TPSA) is 39.1 Å². The number of hydrogen-bond acceptors (Lipinski definition) is 3. The monoisotopic (exact) mass is 243 g/mol. The predicted molar refractivity (Wildman–Crippen MR) is 74.6 cm³/mol. The summed E-state index contributed by atoms with van der Waals surface area (Å²) in [5, 5.41) is 12.3. The van der Waals surface area contributed by atoms with E-state index in [1.807, 2.05) is 24.3 Å². The first-order valence-electron chi connectivity index (χ1n) is 6.63. The lowest BCUT2D eigenvalue weighted by Gasteiger charge is -2.23. The molecule has 1 aromatic carbocycles. The van der Waals surface area contributed by atoms with E-state index in [0.717, 1.165) is 24.7 Å². The molecule has 1 saturated carbocycles. The van der Waals surface area contributed by atoms with Gasteiger partial charge in [-0.05, 0) is 49.6 Å². The largest absolute Gasteiger partial charge is 0.374 e. The van der Waals surface area contributed by atoms with Crippen molar-refractivity contribution in [1.82, 2.24) is 5.32 Å². The molecule has 18 heavy (non-hydrogen) atoms. The highest BCUT2D eigenvalue weighted by molar-refractivity contribution is 5.49. The minimum absolute atomic E-state index is 0.631. The fraction of sp³-hybridized carbons (Fsp3) is 0.533. The molecule has 1 N–H and O–H groups in total. The van der Waals surface area contributed by atoms with Gasteiger partial charge in [0.2, 0.25) is 0 Å². The van der Waals surface area contributed by atoms with E-state index in [4.69, 9.17) is 5.26 Å². The number of benzene rings is 1. The summed E-state index contributed by atoms with van der Waals surface area (Å²) < 4.78 is 0. The van der Waals surface area contributed by atoms with Gasteiger partial charge in [0.25, 0.3) is 0 Å². The third-order valence-corrected chi connectivity index (χ3v) is 3.36. The SMILES string of the molecule is CC(CNC1CC1)CN(C)c1ccc(C#N)cc1. The van der Waals surface area contributed by atoms with Gasteiger partial charge in [-0.2, -0.15) is 5.26 Å². The van der Waals surface area contributed by atoms with Crippen LogP contribution in [0.1, 0.15) is 25.3 Å². The zero-order chi connectivity index (χ0) is 13.0. The molecule has 1 fully saturated rings. The van der Waals surface area contributed by atoms with Gasteiger partial charge < -0.3 is 10.2 Å². The Labute approximate surface area is 109 Å². The summed E-state index contributed by atoms with van der Waals surface area (Å²) in [4.78, 5) is 2.25. The van der Waals surface area contributed by atoms with Gasteiger partial charge in [0.1, 0.15) is 0 Å². The third kappa shape index (κ3) is 3.75. The van der Waals surface area contributed by atoms with Crippen LogP contribution in [-0.2, 0) is 0 Å². The Morgan fingerprint density at radius 3 is 2.61 bits per heavy atom. The van der Waals surface area contributed by atoms with Crippen LogP contribution in [0.5, 0.6) is 0 Å². The minimum atomic E-state index is 0.631. The Bertz CT molecular complexity index is 414. The molecule has 1 aromatic rings. The number of rotatable bonds is 6. The quantitative estimate of drug-likeness (QED) is 0.833. The zero-order valence-electron chi connectivity index (χ0n) is 11.2. The van der Waals surface area contributed by atoms with Crippen LogP contribution >= 0.6 is 0 Å². The maximum atomic E-state index is 8.77. The van der Waals surface area contributed by atoms with Crippen molar-refractivity contribution in [3.63, 3.8) is 0 Å². The van der Waals surface area contributed by atoms with Gasteiger partial charge in [0.15, 0.2) is 0 Å². The summed E-state index contributed by atoms with van der Waals surface area (Å²) in [7, 11) is 2.11. The highest BCUT2D eigenvalue weighted by atomic mass is 15.1. The summed E-state index contributed by atoms with van der Waals surface area (Å²) in [5.41, 5.74) is 1.89. The molecule has 1 atom stereocenters. The second-order valence-corrected chi connectivity index (χ2v) is 5.33. The Balaban J connectivity index is 1.81. The number of nitrogens with one attached hydrogen (secondary N) is 1. The van der Waals surface area contributed by atoms with E-state index in [9.17, 15) is 0 Å². The maximum Gasteiger partial charge on any atom is 0.0991 e. The molecule has 1 aliphatic carbocycles. The fourth-order valence-electron chi connectivity index (χ4n) is 2.08. The van der Waals surface area contributed by atoms with Crippen LogP contribution < -0.4 is 10.2 Å². The molecular formula is C15H21N3. The molecule has 0 saturated heterocycles. The van der Waals surface area contributed by atoms with Gasteiger partial charge in [-0.1, -0.05) is 6.92 Å². The molecular weight excluding hydrogens is 222 g/mol. The van der Waals surface area contributed by atoms with Crippen LogP contribution in [0.4, 0.5) is 5.69 Å². The van der Waals surface area contributed by atoms with E-state index in [1.165, 1.54) is 18.5 Å². The lowest BCUT2D eigenvalue weighted by atomic mass is 10.1. The van der Waals surface area contributed by atoms with Crippen LogP contribution in [0, 0.1) is 17.2 Å². The van der Waals surface area contributed by atoms with Crippen molar-refractivity contribution in [1.29, 1.82) is 5.26 Å². The number of nitriles is 1. The first kappa shape index (κ1) is 12.9. The molecule has 1 unspecified atom stereocenters. The number of anilines is 1. The number of hydrogen-bond donors (Lipinski definition) is 1. The molecule has 3 heteroatoms. The highest BCUT2D eigenvalue weighted by Crippen LogP contribution is 2.19. The summed E-state index contributed by atoms with van der Waals surface area (Å²) in [6.07, 6.45) is 2.69. The third-order valence-electron chi connectivity index (χ3n) is 3.36. The highest BCUT2D eigenvalue weighted by Gasteiger charge is 2.21. The molecule has 0 heterocycles. The van der Waals surface area contributed by atoms with E-state index < -0.39 is 0 Å². The van der Waals surface area contributed by atoms with Crippen molar-refractivity contribution in [2.45, 2.75) is 25.8 Å². The second kappa shape index (κ2) is 5.88. The van der Waals surface area contributed by atoms with Crippen molar-refractivity contribution < 1.29 is 0 Å². The fourth-order valence-corrected chi connectivity index (χ4v) is 2.08. The second-order valence-electron chi connectivity index (χ2n) is 5.33. The number of nitrogens with zero attached hydrogens (tertiary/aromatic N) is 2. The lowest BCUT2D eigenvalue weighted by molar-refractivity contribution is 0.511. The van der Waals surface area contributed by atoms with E-state index >= 15 is 0 Å². The van der Waals surface area contributed by atoms with Gasteiger partial charge >= 0.3 is 0 Å². The first-order valence-corrected chi connectivity index (χ1v) is 6.63. The molecule has 0 aromatic heterocycles. The van der Waals surface area contributed by atoms with Gasteiger partial charge in [-0.3, -0.25) is 0 Å². The van der Waals surface area contributed by atoms with E-state index in [1.54, 1.807) is 0 Å². The smallest absolute Gasteiger partial charge is 0.0991 e. The van der Waals surface area contributed by atoms with E-state index in [2.05, 4.69) is 30.3 Å².